The molecule has 3 atom stereocenters. The smallest absolute Gasteiger partial charge is 0.282 e. The highest BCUT2D eigenvalue weighted by atomic mass is 32.2. The fourth-order valence-corrected chi connectivity index (χ4v) is 6.28. The third kappa shape index (κ3) is 2.54. The summed E-state index contributed by atoms with van der Waals surface area (Å²) in [5.74, 6) is 1.81. The van der Waals surface area contributed by atoms with Crippen LogP contribution in [0.1, 0.15) is 19.8 Å². The van der Waals surface area contributed by atoms with E-state index in [4.69, 9.17) is 5.26 Å². The van der Waals surface area contributed by atoms with Gasteiger partial charge in [-0.1, -0.05) is 6.92 Å². The Balaban J connectivity index is 1.37. The van der Waals surface area contributed by atoms with Gasteiger partial charge in [0.25, 0.3) is 10.2 Å². The highest BCUT2D eigenvalue weighted by Gasteiger charge is 2.54. The molecule has 0 spiro atoms. The van der Waals surface area contributed by atoms with Crippen LogP contribution in [0.4, 0.5) is 0 Å². The highest BCUT2D eigenvalue weighted by molar-refractivity contribution is 7.86. The second-order valence-corrected chi connectivity index (χ2v) is 9.71. The van der Waals surface area contributed by atoms with Crippen molar-refractivity contribution in [1.29, 1.82) is 5.26 Å². The number of rotatable bonds is 3. The number of nitriles is 1. The second-order valence-electron chi connectivity index (χ2n) is 7.78. The van der Waals surface area contributed by atoms with E-state index in [1.54, 1.807) is 0 Å². The average Bonchev–Trinajstić information content (AvgIpc) is 2.96. The van der Waals surface area contributed by atoms with Crippen LogP contribution in [0.5, 0.6) is 0 Å². The molecule has 3 heterocycles. The van der Waals surface area contributed by atoms with Crippen LogP contribution in [-0.2, 0) is 15.0 Å². The van der Waals surface area contributed by atoms with Crippen molar-refractivity contribution in [2.45, 2.75) is 19.8 Å². The molecule has 8 heteroatoms. The Bertz CT molecular complexity index is 670. The number of fused-ring (bicyclic) bond motifs is 1. The lowest BCUT2D eigenvalue weighted by Gasteiger charge is -2.40. The Kier molecular flexibility index (Phi) is 3.86. The molecule has 0 aromatic heterocycles. The van der Waals surface area contributed by atoms with E-state index in [0.29, 0.717) is 18.4 Å². The summed E-state index contributed by atoms with van der Waals surface area (Å²) in [6.07, 6.45) is 1.50. The maximum Gasteiger partial charge on any atom is 0.282 e. The molecule has 3 aliphatic heterocycles. The molecule has 24 heavy (non-hydrogen) atoms. The van der Waals surface area contributed by atoms with Gasteiger partial charge >= 0.3 is 0 Å². The molecule has 7 nitrogen and oxygen atoms in total. The number of amides is 1. The van der Waals surface area contributed by atoms with Gasteiger partial charge in [0.1, 0.15) is 0 Å². The van der Waals surface area contributed by atoms with E-state index in [2.05, 4.69) is 13.0 Å². The fraction of sp³-hybridized carbons (Fsp3) is 0.875. The van der Waals surface area contributed by atoms with Crippen LogP contribution in [0.25, 0.3) is 0 Å². The number of piperidine rings is 2. The molecular weight excluding hydrogens is 328 g/mol. The molecule has 3 saturated heterocycles. The molecule has 4 fully saturated rings. The topological polar surface area (TPSA) is 84.7 Å². The molecule has 4 aliphatic rings. The Morgan fingerprint density at radius 2 is 1.75 bits per heavy atom. The molecule has 0 radical (unpaired) electrons. The first-order chi connectivity index (χ1) is 11.4. The lowest BCUT2D eigenvalue weighted by Crippen LogP contribution is -2.57. The van der Waals surface area contributed by atoms with Gasteiger partial charge in [0.15, 0.2) is 0 Å². The van der Waals surface area contributed by atoms with Gasteiger partial charge in [0.2, 0.25) is 5.91 Å². The zero-order chi connectivity index (χ0) is 17.1. The predicted octanol–water partition coefficient (Wildman–Crippen LogP) is 0.123. The van der Waals surface area contributed by atoms with Crippen LogP contribution in [-0.4, -0.2) is 67.1 Å². The summed E-state index contributed by atoms with van der Waals surface area (Å²) in [6.45, 7) is 5.27. The van der Waals surface area contributed by atoms with Crippen molar-refractivity contribution < 1.29 is 13.2 Å². The first-order valence-electron chi connectivity index (χ1n) is 8.85. The Hall–Kier alpha value is -1.17. The molecule has 2 unspecified atom stereocenters. The van der Waals surface area contributed by atoms with Crippen molar-refractivity contribution in [3.05, 3.63) is 0 Å². The zero-order valence-electron chi connectivity index (χ0n) is 14.0. The fourth-order valence-electron chi connectivity index (χ4n) is 4.49. The van der Waals surface area contributed by atoms with Crippen molar-refractivity contribution in [3.8, 4) is 6.07 Å². The van der Waals surface area contributed by atoms with Gasteiger partial charge in [-0.25, -0.2) is 0 Å². The molecule has 1 aliphatic carbocycles. The van der Waals surface area contributed by atoms with E-state index in [9.17, 15) is 13.2 Å². The highest BCUT2D eigenvalue weighted by Crippen LogP contribution is 2.51. The van der Waals surface area contributed by atoms with Gasteiger partial charge in [0.05, 0.1) is 17.9 Å². The molecular formula is C16H24N4O3S. The number of carbonyl (C=O) groups is 1. The van der Waals surface area contributed by atoms with Gasteiger partial charge in [-0.3, -0.25) is 4.79 Å². The summed E-state index contributed by atoms with van der Waals surface area (Å²) in [5, 5.41) is 8.82. The molecule has 0 aromatic rings. The minimum atomic E-state index is -3.52. The quantitative estimate of drug-likeness (QED) is 0.722. The van der Waals surface area contributed by atoms with E-state index in [0.717, 1.165) is 31.8 Å². The molecule has 0 N–H and O–H groups in total. The molecule has 0 bridgehead atoms. The number of nitrogens with zero attached hydrogens (tertiary/aromatic N) is 4. The predicted molar refractivity (Wildman–Crippen MR) is 86.6 cm³/mol. The normalized spacial score (nSPS) is 37.6. The molecule has 0 aromatic carbocycles. The first kappa shape index (κ1) is 16.3. The van der Waals surface area contributed by atoms with Crippen LogP contribution in [0.15, 0.2) is 0 Å². The number of carbonyl (C=O) groups excluding carboxylic acids is 1. The third-order valence-electron chi connectivity index (χ3n) is 6.35. The average molecular weight is 352 g/mol. The van der Waals surface area contributed by atoms with Gasteiger partial charge in [-0.15, -0.1) is 0 Å². The van der Waals surface area contributed by atoms with Crippen LogP contribution in [0.2, 0.25) is 0 Å². The Morgan fingerprint density at radius 3 is 2.38 bits per heavy atom. The second kappa shape index (κ2) is 5.68. The van der Waals surface area contributed by atoms with Crippen LogP contribution >= 0.6 is 0 Å². The maximum atomic E-state index is 12.7. The minimum absolute atomic E-state index is 0.132. The van der Waals surface area contributed by atoms with E-state index >= 15 is 0 Å². The number of likely N-dealkylation sites (tertiary alicyclic amines) is 1. The van der Waals surface area contributed by atoms with Gasteiger partial charge in [0, 0.05) is 39.3 Å². The summed E-state index contributed by atoms with van der Waals surface area (Å²) in [5.41, 5.74) is 0. The first-order valence-corrected chi connectivity index (χ1v) is 10.2. The Morgan fingerprint density at radius 1 is 1.08 bits per heavy atom. The van der Waals surface area contributed by atoms with Crippen molar-refractivity contribution in [2.24, 2.45) is 29.6 Å². The summed E-state index contributed by atoms with van der Waals surface area (Å²) >= 11 is 0. The number of hydrogen-bond acceptors (Lipinski definition) is 4. The van der Waals surface area contributed by atoms with Crippen LogP contribution < -0.4 is 0 Å². The van der Waals surface area contributed by atoms with Crippen LogP contribution in [0, 0.1) is 40.9 Å². The van der Waals surface area contributed by atoms with E-state index < -0.39 is 10.2 Å². The lowest BCUT2D eigenvalue weighted by molar-refractivity contribution is -0.136. The van der Waals surface area contributed by atoms with E-state index in [1.807, 2.05) is 4.90 Å². The molecule has 132 valence electrons. The largest absolute Gasteiger partial charge is 0.342 e. The molecule has 1 saturated carbocycles. The maximum absolute atomic E-state index is 12.7. The minimum Gasteiger partial charge on any atom is -0.342 e. The van der Waals surface area contributed by atoms with Gasteiger partial charge in [-0.05, 0) is 30.6 Å². The van der Waals surface area contributed by atoms with Crippen molar-refractivity contribution in [3.63, 3.8) is 0 Å². The van der Waals surface area contributed by atoms with E-state index in [-0.39, 0.29) is 37.4 Å². The molecule has 4 rings (SSSR count). The summed E-state index contributed by atoms with van der Waals surface area (Å²) in [6, 6.07) is 2.10. The SMILES string of the molecule is CC1C2CN(C(=O)[C@H]3CCCN(S(=O)(=O)N4CC(C#N)C4)C3)CC12. The standard InChI is InChI=1S/C16H24N4O3S/c1-11-14-9-18(10-15(11)14)16(21)13-3-2-4-19(8-13)24(22,23)20-6-12(5-17)7-20/h11-15H,2-4,6-10H2,1H3/t11?,13-,14?,15?/m0/s1. The van der Waals surface area contributed by atoms with Crippen LogP contribution in [0.3, 0.4) is 0 Å². The Labute approximate surface area is 143 Å². The summed E-state index contributed by atoms with van der Waals surface area (Å²) in [4.78, 5) is 14.7. The number of hydrogen-bond donors (Lipinski definition) is 0. The lowest BCUT2D eigenvalue weighted by atomic mass is 9.98. The van der Waals surface area contributed by atoms with Crippen molar-refractivity contribution in [1.82, 2.24) is 13.5 Å². The van der Waals surface area contributed by atoms with Gasteiger partial charge < -0.3 is 4.90 Å². The van der Waals surface area contributed by atoms with E-state index in [1.165, 1.54) is 8.61 Å². The monoisotopic (exact) mass is 352 g/mol. The summed E-state index contributed by atoms with van der Waals surface area (Å²) in [7, 11) is -3.52. The summed E-state index contributed by atoms with van der Waals surface area (Å²) < 4.78 is 28.1. The third-order valence-corrected chi connectivity index (χ3v) is 8.29. The zero-order valence-corrected chi connectivity index (χ0v) is 14.8. The van der Waals surface area contributed by atoms with Gasteiger partial charge in [-0.2, -0.15) is 22.3 Å². The van der Waals surface area contributed by atoms with Crippen molar-refractivity contribution >= 4 is 16.1 Å². The molecule has 1 amide bonds. The van der Waals surface area contributed by atoms with Crippen molar-refractivity contribution in [2.75, 3.05) is 39.3 Å².